The Labute approximate surface area is 230 Å². The molecule has 0 aliphatic carbocycles. The lowest BCUT2D eigenvalue weighted by Gasteiger charge is -2.26. The fourth-order valence-electron chi connectivity index (χ4n) is 4.11. The molecule has 2 aromatic carbocycles. The average Bonchev–Trinajstić information content (AvgIpc) is 2.87. The number of benzene rings is 2. The molecule has 0 saturated heterocycles. The molecule has 6 heteroatoms. The number of para-hydroxylation sites is 1. The lowest BCUT2D eigenvalue weighted by Crippen LogP contribution is -2.33. The maximum absolute atomic E-state index is 11.8. The van der Waals surface area contributed by atoms with Crippen molar-refractivity contribution in [2.75, 3.05) is 11.9 Å². The van der Waals surface area contributed by atoms with Crippen molar-refractivity contribution in [1.82, 2.24) is 10.6 Å². The quantitative estimate of drug-likeness (QED) is 0.291. The first-order chi connectivity index (χ1) is 18.1. The van der Waals surface area contributed by atoms with E-state index in [9.17, 15) is 4.79 Å². The fourth-order valence-corrected chi connectivity index (χ4v) is 4.11. The zero-order chi connectivity index (χ0) is 28.0. The Morgan fingerprint density at radius 1 is 1.05 bits per heavy atom. The Hall–Kier alpha value is -3.28. The van der Waals surface area contributed by atoms with E-state index in [4.69, 9.17) is 9.73 Å². The van der Waals surface area contributed by atoms with Gasteiger partial charge in [-0.15, -0.1) is 0 Å². The molecule has 6 nitrogen and oxygen atoms in total. The van der Waals surface area contributed by atoms with Crippen LogP contribution in [0.5, 0.6) is 0 Å². The van der Waals surface area contributed by atoms with Gasteiger partial charge in [0.2, 0.25) is 0 Å². The Kier molecular flexibility index (Phi) is 12.9. The molecule has 0 saturated carbocycles. The number of aliphatic imine (C=N–C) groups is 1. The van der Waals surface area contributed by atoms with Crippen molar-refractivity contribution in [2.45, 2.75) is 92.3 Å². The smallest absolute Gasteiger partial charge is 0.407 e. The molecular formula is C32H48N4O2. The Morgan fingerprint density at radius 2 is 1.71 bits per heavy atom. The van der Waals surface area contributed by atoms with Crippen LogP contribution in [0.4, 0.5) is 10.5 Å². The summed E-state index contributed by atoms with van der Waals surface area (Å²) < 4.78 is 5.27. The minimum absolute atomic E-state index is 0.132. The lowest BCUT2D eigenvalue weighted by atomic mass is 10.0. The molecule has 0 radical (unpaired) electrons. The Bertz CT molecular complexity index is 1040. The van der Waals surface area contributed by atoms with Gasteiger partial charge in [-0.1, -0.05) is 88.6 Å². The zero-order valence-corrected chi connectivity index (χ0v) is 24.4. The van der Waals surface area contributed by atoms with E-state index >= 15 is 0 Å². The second-order valence-electron chi connectivity index (χ2n) is 10.9. The number of hydrogen-bond donors (Lipinski definition) is 3. The third kappa shape index (κ3) is 11.4. The minimum Gasteiger partial charge on any atom is -0.444 e. The van der Waals surface area contributed by atoms with Crippen LogP contribution in [0.3, 0.4) is 0 Å². The zero-order valence-electron chi connectivity index (χ0n) is 24.4. The summed E-state index contributed by atoms with van der Waals surface area (Å²) in [6, 6.07) is 18.5. The van der Waals surface area contributed by atoms with Gasteiger partial charge < -0.3 is 20.7 Å². The molecule has 1 amide bonds. The maximum Gasteiger partial charge on any atom is 0.407 e. The molecule has 2 aromatic rings. The molecule has 2 atom stereocenters. The number of ether oxygens (including phenoxy) is 1. The molecule has 1 aliphatic heterocycles. The first-order valence-corrected chi connectivity index (χ1v) is 14.0. The lowest BCUT2D eigenvalue weighted by molar-refractivity contribution is 0.0526. The van der Waals surface area contributed by atoms with Crippen molar-refractivity contribution in [3.63, 3.8) is 0 Å². The maximum atomic E-state index is 11.8. The van der Waals surface area contributed by atoms with Gasteiger partial charge in [0, 0.05) is 23.5 Å². The van der Waals surface area contributed by atoms with Crippen LogP contribution in [-0.4, -0.2) is 24.1 Å². The van der Waals surface area contributed by atoms with E-state index in [0.29, 0.717) is 12.5 Å². The molecule has 3 rings (SSSR count). The topological polar surface area (TPSA) is 74.8 Å². The van der Waals surface area contributed by atoms with Gasteiger partial charge in [0.25, 0.3) is 0 Å². The van der Waals surface area contributed by atoms with Gasteiger partial charge in [-0.2, -0.15) is 0 Å². The molecule has 0 fully saturated rings. The summed E-state index contributed by atoms with van der Waals surface area (Å²) in [6.45, 7) is 14.9. The number of rotatable bonds is 9. The van der Waals surface area contributed by atoms with Gasteiger partial charge in [-0.05, 0) is 64.2 Å². The summed E-state index contributed by atoms with van der Waals surface area (Å²) in [5.74, 6) is 1.23. The van der Waals surface area contributed by atoms with E-state index < -0.39 is 5.60 Å². The summed E-state index contributed by atoms with van der Waals surface area (Å²) in [5.41, 5.74) is 3.84. The third-order valence-corrected chi connectivity index (χ3v) is 5.91. The fraction of sp³-hybridized carbons (Fsp3) is 0.500. The summed E-state index contributed by atoms with van der Waals surface area (Å²) in [4.78, 5) is 16.7. The summed E-state index contributed by atoms with van der Waals surface area (Å²) in [7, 11) is 0. The predicted octanol–water partition coefficient (Wildman–Crippen LogP) is 8.19. The van der Waals surface area contributed by atoms with Crippen LogP contribution >= 0.6 is 0 Å². The molecule has 1 aliphatic rings. The van der Waals surface area contributed by atoms with Crippen LogP contribution < -0.4 is 16.0 Å². The molecule has 3 N–H and O–H groups in total. The number of alkyl carbamates (subject to hydrolysis) is 1. The van der Waals surface area contributed by atoms with E-state index in [2.05, 4.69) is 74.0 Å². The van der Waals surface area contributed by atoms with Crippen molar-refractivity contribution in [3.8, 4) is 0 Å². The number of fused-ring (bicyclic) bond motifs is 1. The number of hydrogen-bond acceptors (Lipinski definition) is 5. The standard InChI is InChI=1S/C27H36N4O2.C5H12/c1-19(12-11-17-28-26(32)33-27(3,4)5)18-20(2)29-25-22-15-9-10-16-23(22)30-24(31-25)21-13-7-6-8-14-21;1-3-5-4-2/h6-10,13-16,18-19,24,30H,11-12,17H2,1-5H3,(H,28,32)(H,29,31);3-5H2,1-2H3/b20-18+;. The first kappa shape index (κ1) is 30.9. The van der Waals surface area contributed by atoms with Gasteiger partial charge in [-0.3, -0.25) is 0 Å². The van der Waals surface area contributed by atoms with E-state index in [1.165, 1.54) is 19.3 Å². The van der Waals surface area contributed by atoms with Crippen LogP contribution in [0.25, 0.3) is 0 Å². The Balaban J connectivity index is 0.000000926. The molecule has 0 bridgehead atoms. The summed E-state index contributed by atoms with van der Waals surface area (Å²) in [6.07, 6.45) is 7.65. The average molecular weight is 521 g/mol. The third-order valence-electron chi connectivity index (χ3n) is 5.91. The molecule has 38 heavy (non-hydrogen) atoms. The van der Waals surface area contributed by atoms with Crippen LogP contribution in [0.15, 0.2) is 71.4 Å². The van der Waals surface area contributed by atoms with Crippen molar-refractivity contribution in [2.24, 2.45) is 10.9 Å². The van der Waals surface area contributed by atoms with Gasteiger partial charge >= 0.3 is 6.09 Å². The normalized spacial score (nSPS) is 15.6. The number of anilines is 1. The highest BCUT2D eigenvalue weighted by molar-refractivity contribution is 6.05. The first-order valence-electron chi connectivity index (χ1n) is 14.0. The second kappa shape index (κ2) is 15.9. The summed E-state index contributed by atoms with van der Waals surface area (Å²) >= 11 is 0. The number of carbonyl (C=O) groups is 1. The minimum atomic E-state index is -0.474. The number of carbonyl (C=O) groups excluding carboxylic acids is 1. The SMILES string of the molecule is C/C(=C\C(C)CCCNC(=O)OC(C)(C)C)NC1=NC(c2ccccc2)Nc2ccccc21.CCCCC. The van der Waals surface area contributed by atoms with Crippen LogP contribution in [0.2, 0.25) is 0 Å². The number of allylic oxidation sites excluding steroid dienone is 2. The largest absolute Gasteiger partial charge is 0.444 e. The van der Waals surface area contributed by atoms with Gasteiger partial charge in [0.05, 0.1) is 0 Å². The van der Waals surface area contributed by atoms with Crippen LogP contribution in [-0.2, 0) is 4.74 Å². The highest BCUT2D eigenvalue weighted by atomic mass is 16.6. The molecule has 0 aromatic heterocycles. The van der Waals surface area contributed by atoms with E-state index in [1.54, 1.807) is 0 Å². The number of amides is 1. The molecule has 0 spiro atoms. The second-order valence-corrected chi connectivity index (χ2v) is 10.9. The number of nitrogens with zero attached hydrogens (tertiary/aromatic N) is 1. The van der Waals surface area contributed by atoms with Gasteiger partial charge in [-0.25, -0.2) is 9.79 Å². The number of unbranched alkanes of at least 4 members (excludes halogenated alkanes) is 2. The predicted molar refractivity (Wildman–Crippen MR) is 161 cm³/mol. The number of amidine groups is 1. The highest BCUT2D eigenvalue weighted by Crippen LogP contribution is 2.29. The van der Waals surface area contributed by atoms with Gasteiger partial charge in [0.15, 0.2) is 0 Å². The molecule has 2 unspecified atom stereocenters. The van der Waals surface area contributed by atoms with Crippen LogP contribution in [0.1, 0.15) is 97.9 Å². The van der Waals surface area contributed by atoms with Gasteiger partial charge in [0.1, 0.15) is 17.6 Å². The van der Waals surface area contributed by atoms with Crippen molar-refractivity contribution in [3.05, 3.63) is 77.5 Å². The number of nitrogens with one attached hydrogen (secondary N) is 3. The molecule has 1 heterocycles. The monoisotopic (exact) mass is 520 g/mol. The van der Waals surface area contributed by atoms with Crippen molar-refractivity contribution in [1.29, 1.82) is 0 Å². The summed E-state index contributed by atoms with van der Waals surface area (Å²) in [5, 5.41) is 9.87. The van der Waals surface area contributed by atoms with E-state index in [-0.39, 0.29) is 12.3 Å². The van der Waals surface area contributed by atoms with E-state index in [1.807, 2.05) is 51.1 Å². The van der Waals surface area contributed by atoms with Crippen molar-refractivity contribution >= 4 is 17.6 Å². The highest BCUT2D eigenvalue weighted by Gasteiger charge is 2.21. The van der Waals surface area contributed by atoms with E-state index in [0.717, 1.165) is 41.2 Å². The molecular weight excluding hydrogens is 472 g/mol. The Morgan fingerprint density at radius 3 is 2.34 bits per heavy atom. The van der Waals surface area contributed by atoms with Crippen LogP contribution in [0, 0.1) is 5.92 Å². The van der Waals surface area contributed by atoms with Crippen molar-refractivity contribution < 1.29 is 9.53 Å². The molecule has 208 valence electrons.